The van der Waals surface area contributed by atoms with E-state index < -0.39 is 16.1 Å². The number of benzene rings is 2. The predicted octanol–water partition coefficient (Wildman–Crippen LogP) is 4.27. The highest BCUT2D eigenvalue weighted by Gasteiger charge is 2.27. The van der Waals surface area contributed by atoms with E-state index >= 15 is 0 Å². The van der Waals surface area contributed by atoms with Gasteiger partial charge < -0.3 is 15.0 Å². The van der Waals surface area contributed by atoms with Gasteiger partial charge in [0.1, 0.15) is 11.8 Å². The van der Waals surface area contributed by atoms with Gasteiger partial charge in [-0.1, -0.05) is 55.3 Å². The van der Waals surface area contributed by atoms with Gasteiger partial charge in [0, 0.05) is 26.1 Å². The zero-order valence-electron chi connectivity index (χ0n) is 22.7. The van der Waals surface area contributed by atoms with Crippen LogP contribution in [0, 0.1) is 6.92 Å². The number of anilines is 1. The predicted molar refractivity (Wildman–Crippen MR) is 148 cm³/mol. The van der Waals surface area contributed by atoms with Crippen molar-refractivity contribution in [2.75, 3.05) is 30.3 Å². The summed E-state index contributed by atoms with van der Waals surface area (Å²) in [7, 11) is -3.61. The van der Waals surface area contributed by atoms with Gasteiger partial charge in [0.2, 0.25) is 21.8 Å². The molecule has 0 bridgehead atoms. The van der Waals surface area contributed by atoms with Crippen molar-refractivity contribution in [3.8, 4) is 5.75 Å². The van der Waals surface area contributed by atoms with Gasteiger partial charge in [-0.2, -0.15) is 0 Å². The molecule has 1 N–H and O–H groups in total. The fourth-order valence-electron chi connectivity index (χ4n) is 3.93. The highest BCUT2D eigenvalue weighted by atomic mass is 32.2. The molecule has 204 valence electrons. The van der Waals surface area contributed by atoms with Crippen LogP contribution < -0.4 is 14.4 Å². The van der Waals surface area contributed by atoms with Gasteiger partial charge in [-0.15, -0.1) is 0 Å². The Labute approximate surface area is 222 Å². The molecule has 0 aliphatic carbocycles. The smallest absolute Gasteiger partial charge is 0.242 e. The first-order valence-electron chi connectivity index (χ1n) is 12.9. The van der Waals surface area contributed by atoms with Crippen molar-refractivity contribution in [1.29, 1.82) is 0 Å². The molecular weight excluding hydrogens is 490 g/mol. The number of para-hydroxylation sites is 2. The van der Waals surface area contributed by atoms with Crippen molar-refractivity contribution < 1.29 is 22.7 Å². The van der Waals surface area contributed by atoms with Crippen molar-refractivity contribution in [3.63, 3.8) is 0 Å². The highest BCUT2D eigenvalue weighted by Crippen LogP contribution is 2.30. The van der Waals surface area contributed by atoms with Crippen LogP contribution in [0.5, 0.6) is 5.75 Å². The normalized spacial score (nSPS) is 12.0. The first kappa shape index (κ1) is 30.2. The van der Waals surface area contributed by atoms with Gasteiger partial charge in [0.05, 0.1) is 18.6 Å². The van der Waals surface area contributed by atoms with Gasteiger partial charge >= 0.3 is 0 Å². The van der Waals surface area contributed by atoms with E-state index in [0.717, 1.165) is 30.2 Å². The minimum atomic E-state index is -3.61. The second-order valence-electron chi connectivity index (χ2n) is 9.17. The molecule has 2 aromatic rings. The van der Waals surface area contributed by atoms with E-state index in [-0.39, 0.29) is 24.8 Å². The summed E-state index contributed by atoms with van der Waals surface area (Å²) in [5.74, 6) is 0.0719. The topological polar surface area (TPSA) is 96.0 Å². The Bertz CT molecular complexity index is 1120. The molecule has 0 spiro atoms. The Kier molecular flexibility index (Phi) is 11.9. The zero-order chi connectivity index (χ0) is 27.4. The van der Waals surface area contributed by atoms with Gasteiger partial charge in [-0.3, -0.25) is 13.9 Å². The molecule has 2 rings (SSSR count). The van der Waals surface area contributed by atoms with Crippen LogP contribution in [-0.4, -0.2) is 57.1 Å². The molecule has 0 saturated carbocycles. The summed E-state index contributed by atoms with van der Waals surface area (Å²) in [6.45, 7) is 8.99. The molecule has 0 fully saturated rings. The van der Waals surface area contributed by atoms with Gasteiger partial charge in [-0.25, -0.2) is 8.42 Å². The summed E-state index contributed by atoms with van der Waals surface area (Å²) in [6, 6.07) is 14.2. The molecule has 0 aliphatic heterocycles. The molecule has 0 saturated heterocycles. The van der Waals surface area contributed by atoms with Crippen LogP contribution in [-0.2, 0) is 26.2 Å². The largest absolute Gasteiger partial charge is 0.492 e. The maximum Gasteiger partial charge on any atom is 0.242 e. The maximum absolute atomic E-state index is 13.4. The lowest BCUT2D eigenvalue weighted by Gasteiger charge is -2.29. The van der Waals surface area contributed by atoms with E-state index in [9.17, 15) is 18.0 Å². The van der Waals surface area contributed by atoms with E-state index in [0.29, 0.717) is 37.6 Å². The lowest BCUT2D eigenvalue weighted by atomic mass is 10.1. The average molecular weight is 532 g/mol. The number of hydrogen-bond acceptors (Lipinski definition) is 5. The molecule has 0 aromatic heterocycles. The van der Waals surface area contributed by atoms with Crippen LogP contribution in [0.3, 0.4) is 0 Å². The molecular formula is C28H41N3O5S. The molecule has 0 heterocycles. The van der Waals surface area contributed by atoms with Crippen molar-refractivity contribution in [2.24, 2.45) is 0 Å². The number of rotatable bonds is 15. The Hall–Kier alpha value is -3.07. The number of nitrogens with one attached hydrogen (secondary N) is 1. The molecule has 0 unspecified atom stereocenters. The Morgan fingerprint density at radius 1 is 1.03 bits per heavy atom. The molecule has 0 radical (unpaired) electrons. The summed E-state index contributed by atoms with van der Waals surface area (Å²) >= 11 is 0. The molecule has 0 aliphatic rings. The molecule has 9 heteroatoms. The van der Waals surface area contributed by atoms with Gasteiger partial charge in [-0.05, 0) is 51.3 Å². The summed E-state index contributed by atoms with van der Waals surface area (Å²) in [6.07, 6.45) is 3.37. The number of unbranched alkanes of at least 4 members (excludes halogenated alkanes) is 1. The van der Waals surface area contributed by atoms with E-state index in [2.05, 4.69) is 12.2 Å². The molecule has 2 aromatic carbocycles. The monoisotopic (exact) mass is 531 g/mol. The first-order chi connectivity index (χ1) is 17.6. The third-order valence-electron chi connectivity index (χ3n) is 6.06. The summed E-state index contributed by atoms with van der Waals surface area (Å²) in [4.78, 5) is 27.8. The lowest BCUT2D eigenvalue weighted by Crippen LogP contribution is -2.48. The summed E-state index contributed by atoms with van der Waals surface area (Å²) in [5.41, 5.74) is 2.48. The third kappa shape index (κ3) is 9.39. The van der Waals surface area contributed by atoms with E-state index in [1.54, 1.807) is 36.1 Å². The fourth-order valence-corrected chi connectivity index (χ4v) is 4.90. The number of nitrogens with zero attached hydrogens (tertiary/aromatic N) is 2. The summed E-state index contributed by atoms with van der Waals surface area (Å²) in [5, 5.41) is 2.91. The fraction of sp³-hybridized carbons (Fsp3) is 0.500. The van der Waals surface area contributed by atoms with Crippen LogP contribution >= 0.6 is 0 Å². The maximum atomic E-state index is 13.4. The van der Waals surface area contributed by atoms with Gasteiger partial charge in [0.25, 0.3) is 0 Å². The lowest BCUT2D eigenvalue weighted by molar-refractivity contribution is -0.140. The number of amides is 2. The molecule has 8 nitrogen and oxygen atoms in total. The SMILES string of the molecule is CCCCNC(=O)[C@H](C)N(Cc1ccc(C)cc1)C(=O)CCCN(c1ccccc1OCC)S(C)(=O)=O. The number of carbonyl (C=O) groups is 2. The minimum absolute atomic E-state index is 0.0985. The van der Waals surface area contributed by atoms with Crippen LogP contribution in [0.1, 0.15) is 57.6 Å². The van der Waals surface area contributed by atoms with Crippen LogP contribution in [0.15, 0.2) is 48.5 Å². The van der Waals surface area contributed by atoms with Crippen molar-refractivity contribution >= 4 is 27.5 Å². The quantitative estimate of drug-likeness (QED) is 0.346. The number of sulfonamides is 1. The zero-order valence-corrected chi connectivity index (χ0v) is 23.5. The number of aryl methyl sites for hydroxylation is 1. The molecule has 37 heavy (non-hydrogen) atoms. The summed E-state index contributed by atoms with van der Waals surface area (Å²) < 4.78 is 32.1. The van der Waals surface area contributed by atoms with Crippen LogP contribution in [0.2, 0.25) is 0 Å². The number of carbonyl (C=O) groups excluding carboxylic acids is 2. The van der Waals surface area contributed by atoms with E-state index in [4.69, 9.17) is 4.74 Å². The molecule has 2 amide bonds. The average Bonchev–Trinajstić information content (AvgIpc) is 2.86. The van der Waals surface area contributed by atoms with Crippen molar-refractivity contribution in [1.82, 2.24) is 10.2 Å². The minimum Gasteiger partial charge on any atom is -0.492 e. The third-order valence-corrected chi connectivity index (χ3v) is 7.24. The van der Waals surface area contributed by atoms with Crippen LogP contribution in [0.4, 0.5) is 5.69 Å². The standard InChI is InChI=1S/C28H41N3O5S/c1-6-8-19-29-28(33)23(4)30(21-24-17-15-22(3)16-18-24)27(32)14-11-20-31(37(5,34)35)25-12-9-10-13-26(25)36-7-2/h9-10,12-13,15-18,23H,6-8,11,14,19-21H2,1-5H3,(H,29,33)/t23-/m0/s1. The second kappa shape index (κ2) is 14.6. The Morgan fingerprint density at radius 3 is 2.32 bits per heavy atom. The highest BCUT2D eigenvalue weighted by molar-refractivity contribution is 7.92. The number of hydrogen-bond donors (Lipinski definition) is 1. The van der Waals surface area contributed by atoms with Crippen molar-refractivity contribution in [2.45, 2.75) is 66.0 Å². The van der Waals surface area contributed by atoms with Crippen LogP contribution in [0.25, 0.3) is 0 Å². The number of ether oxygens (including phenoxy) is 1. The Morgan fingerprint density at radius 2 is 1.70 bits per heavy atom. The Balaban J connectivity index is 2.17. The van der Waals surface area contributed by atoms with Crippen molar-refractivity contribution in [3.05, 3.63) is 59.7 Å². The van der Waals surface area contributed by atoms with E-state index in [1.807, 2.05) is 38.1 Å². The molecule has 1 atom stereocenters. The first-order valence-corrected chi connectivity index (χ1v) is 14.8. The van der Waals surface area contributed by atoms with Gasteiger partial charge in [0.15, 0.2) is 0 Å². The second-order valence-corrected chi connectivity index (χ2v) is 11.1. The van der Waals surface area contributed by atoms with E-state index in [1.165, 1.54) is 4.31 Å².